The van der Waals surface area contributed by atoms with Crippen molar-refractivity contribution in [1.29, 1.82) is 0 Å². The Hall–Kier alpha value is -2.85. The van der Waals surface area contributed by atoms with Gasteiger partial charge in [0.05, 0.1) is 22.4 Å². The summed E-state index contributed by atoms with van der Waals surface area (Å²) >= 11 is 0. The van der Waals surface area contributed by atoms with Crippen molar-refractivity contribution in [2.24, 2.45) is 7.05 Å². The van der Waals surface area contributed by atoms with E-state index in [1.165, 1.54) is 0 Å². The van der Waals surface area contributed by atoms with Crippen molar-refractivity contribution >= 4 is 16.6 Å². The van der Waals surface area contributed by atoms with Crippen LogP contribution in [0.3, 0.4) is 0 Å². The van der Waals surface area contributed by atoms with Gasteiger partial charge in [0.1, 0.15) is 5.65 Å². The summed E-state index contributed by atoms with van der Waals surface area (Å²) in [6.07, 6.45) is 1.89. The Labute approximate surface area is 211 Å². The van der Waals surface area contributed by atoms with Crippen molar-refractivity contribution in [2.75, 3.05) is 13.2 Å². The Kier molecular flexibility index (Phi) is 5.88. The van der Waals surface area contributed by atoms with Crippen LogP contribution < -0.4 is 40.3 Å². The third-order valence-corrected chi connectivity index (χ3v) is 6.23. The van der Waals surface area contributed by atoms with E-state index in [0.717, 1.165) is 59.6 Å². The van der Waals surface area contributed by atoms with Crippen LogP contribution in [-0.4, -0.2) is 42.8 Å². The van der Waals surface area contributed by atoms with Crippen LogP contribution in [0.1, 0.15) is 24.5 Å². The second kappa shape index (κ2) is 8.83. The SMILES string of the molecule is Cn1c(=O)c2ccc(-c3cccc(-c4nn[n-]n4)c3)cc2n2nc(C3CCOCC3)cc12.[Na+]. The summed E-state index contributed by atoms with van der Waals surface area (Å²) in [5.74, 6) is 0.831. The number of nitrogens with zero attached hydrogens (tertiary/aromatic N) is 7. The fourth-order valence-electron chi connectivity index (χ4n) is 4.45. The van der Waals surface area contributed by atoms with Crippen LogP contribution in [0.5, 0.6) is 0 Å². The van der Waals surface area contributed by atoms with E-state index in [0.29, 0.717) is 17.1 Å². The molecule has 10 heteroatoms. The summed E-state index contributed by atoms with van der Waals surface area (Å²) < 4.78 is 9.07. The van der Waals surface area contributed by atoms with E-state index < -0.39 is 0 Å². The van der Waals surface area contributed by atoms with E-state index in [2.05, 4.69) is 20.6 Å². The molecule has 0 atom stereocenters. The Balaban J connectivity index is 0.00000228. The summed E-state index contributed by atoms with van der Waals surface area (Å²) in [4.78, 5) is 13.1. The first-order valence-electron chi connectivity index (χ1n) is 10.6. The summed E-state index contributed by atoms with van der Waals surface area (Å²) in [7, 11) is 1.80. The normalized spacial score (nSPS) is 14.6. The second-order valence-electron chi connectivity index (χ2n) is 8.11. The minimum absolute atomic E-state index is 0. The molecule has 2 aromatic carbocycles. The molecule has 0 bridgehead atoms. The molecule has 1 fully saturated rings. The number of benzene rings is 2. The van der Waals surface area contributed by atoms with E-state index in [-0.39, 0.29) is 35.1 Å². The number of tetrazole rings is 1. The van der Waals surface area contributed by atoms with Crippen LogP contribution in [0, 0.1) is 0 Å². The van der Waals surface area contributed by atoms with Crippen molar-refractivity contribution in [3.05, 3.63) is 64.6 Å². The molecule has 0 aliphatic carbocycles. The van der Waals surface area contributed by atoms with Crippen LogP contribution >= 0.6 is 0 Å². The molecule has 1 saturated heterocycles. The third-order valence-electron chi connectivity index (χ3n) is 6.23. The number of fused-ring (bicyclic) bond motifs is 3. The molecule has 6 rings (SSSR count). The van der Waals surface area contributed by atoms with Crippen molar-refractivity contribution in [3.63, 3.8) is 0 Å². The topological polar surface area (TPSA) is 101 Å². The Bertz CT molecular complexity index is 1500. The number of hydrogen-bond donors (Lipinski definition) is 0. The van der Waals surface area contributed by atoms with E-state index in [1.807, 2.05) is 53.0 Å². The monoisotopic (exact) mass is 449 g/mol. The van der Waals surface area contributed by atoms with Gasteiger partial charge in [0, 0.05) is 32.2 Å². The molecule has 4 heterocycles. The number of rotatable bonds is 3. The van der Waals surface area contributed by atoms with Gasteiger partial charge in [-0.15, -0.1) is 0 Å². The fraction of sp³-hybridized carbons (Fsp3) is 0.261. The molecule has 9 nitrogen and oxygen atoms in total. The number of aryl methyl sites for hydroxylation is 1. The maximum atomic E-state index is 13.1. The van der Waals surface area contributed by atoms with Gasteiger partial charge in [-0.05, 0) is 47.7 Å². The van der Waals surface area contributed by atoms with Gasteiger partial charge in [-0.3, -0.25) is 19.8 Å². The summed E-state index contributed by atoms with van der Waals surface area (Å²) in [6, 6.07) is 15.8. The van der Waals surface area contributed by atoms with Gasteiger partial charge in [0.2, 0.25) is 0 Å². The summed E-state index contributed by atoms with van der Waals surface area (Å²) in [5.41, 5.74) is 5.35. The van der Waals surface area contributed by atoms with Crippen LogP contribution in [0.4, 0.5) is 0 Å². The van der Waals surface area contributed by atoms with Gasteiger partial charge in [0.25, 0.3) is 5.56 Å². The van der Waals surface area contributed by atoms with E-state index in [9.17, 15) is 4.79 Å². The molecular formula is C23H20N7NaO2. The quantitative estimate of drug-likeness (QED) is 0.344. The average Bonchev–Trinajstić information content (AvgIpc) is 3.54. The fourth-order valence-corrected chi connectivity index (χ4v) is 4.45. The van der Waals surface area contributed by atoms with E-state index in [4.69, 9.17) is 9.84 Å². The van der Waals surface area contributed by atoms with Crippen molar-refractivity contribution < 1.29 is 34.3 Å². The van der Waals surface area contributed by atoms with Crippen LogP contribution in [-0.2, 0) is 11.8 Å². The van der Waals surface area contributed by atoms with E-state index >= 15 is 0 Å². The molecule has 1 aliphatic rings. The maximum Gasteiger partial charge on any atom is 1.00 e. The van der Waals surface area contributed by atoms with Crippen LogP contribution in [0.2, 0.25) is 0 Å². The molecule has 1 aliphatic heterocycles. The zero-order valence-corrected chi connectivity index (χ0v) is 20.5. The van der Waals surface area contributed by atoms with Gasteiger partial charge in [-0.2, -0.15) is 5.10 Å². The number of ether oxygens (including phenoxy) is 1. The second-order valence-corrected chi connectivity index (χ2v) is 8.11. The molecule has 0 saturated carbocycles. The van der Waals surface area contributed by atoms with Gasteiger partial charge in [0.15, 0.2) is 0 Å². The minimum atomic E-state index is -0.0337. The Morgan fingerprint density at radius 3 is 2.61 bits per heavy atom. The first-order chi connectivity index (χ1) is 15.7. The van der Waals surface area contributed by atoms with Crippen molar-refractivity contribution in [2.45, 2.75) is 18.8 Å². The zero-order valence-electron chi connectivity index (χ0n) is 18.5. The molecule has 3 aromatic heterocycles. The molecule has 160 valence electrons. The average molecular weight is 449 g/mol. The summed E-state index contributed by atoms with van der Waals surface area (Å²) in [5, 5.41) is 20.6. The zero-order chi connectivity index (χ0) is 21.7. The molecular weight excluding hydrogens is 429 g/mol. The van der Waals surface area contributed by atoms with E-state index in [1.54, 1.807) is 11.6 Å². The Morgan fingerprint density at radius 1 is 1.03 bits per heavy atom. The molecule has 0 amide bonds. The first kappa shape index (κ1) is 22.0. The van der Waals surface area contributed by atoms with Gasteiger partial charge in [-0.1, -0.05) is 24.3 Å². The molecule has 5 aromatic rings. The number of hydrogen-bond acceptors (Lipinski definition) is 6. The molecule has 0 radical (unpaired) electrons. The van der Waals surface area contributed by atoms with Crippen molar-refractivity contribution in [3.8, 4) is 22.5 Å². The predicted octanol–water partition coefficient (Wildman–Crippen LogP) is -0.440. The van der Waals surface area contributed by atoms with Gasteiger partial charge < -0.3 is 9.84 Å². The smallest absolute Gasteiger partial charge is 0.381 e. The van der Waals surface area contributed by atoms with Crippen LogP contribution in [0.15, 0.2) is 53.3 Å². The number of aromatic nitrogens is 7. The molecule has 33 heavy (non-hydrogen) atoms. The maximum absolute atomic E-state index is 13.1. The summed E-state index contributed by atoms with van der Waals surface area (Å²) in [6.45, 7) is 1.49. The van der Waals surface area contributed by atoms with Gasteiger partial charge in [-0.25, -0.2) is 9.61 Å². The third kappa shape index (κ3) is 3.80. The van der Waals surface area contributed by atoms with Crippen LogP contribution in [0.25, 0.3) is 39.1 Å². The Morgan fingerprint density at radius 2 is 1.82 bits per heavy atom. The predicted molar refractivity (Wildman–Crippen MR) is 118 cm³/mol. The molecule has 0 spiro atoms. The molecule has 0 unspecified atom stereocenters. The molecule has 0 N–H and O–H groups in total. The minimum Gasteiger partial charge on any atom is -0.381 e. The first-order valence-corrected chi connectivity index (χ1v) is 10.6. The van der Waals surface area contributed by atoms with Crippen molar-refractivity contribution in [1.82, 2.24) is 34.8 Å². The van der Waals surface area contributed by atoms with Gasteiger partial charge >= 0.3 is 29.6 Å². The largest absolute Gasteiger partial charge is 1.00 e. The standard InChI is InChI=1S/C23H20N7O2.Na/c1-29-21-13-19(14-7-9-32-10-8-14)26-30(21)20-12-16(5-6-18(20)23(29)31)15-3-2-4-17(11-15)22-24-27-28-25-22;/h2-6,11-14H,7-10H2,1H3;/q-1;+1.